The van der Waals surface area contributed by atoms with Crippen molar-refractivity contribution in [1.29, 1.82) is 0 Å². The number of benzene rings is 1. The van der Waals surface area contributed by atoms with Crippen molar-refractivity contribution in [2.75, 3.05) is 13.2 Å². The predicted molar refractivity (Wildman–Crippen MR) is 74.2 cm³/mol. The molecule has 106 valence electrons. The Hall–Kier alpha value is -1.39. The molecule has 1 saturated heterocycles. The highest BCUT2D eigenvalue weighted by Crippen LogP contribution is 2.50. The van der Waals surface area contributed by atoms with Crippen molar-refractivity contribution in [3.63, 3.8) is 0 Å². The highest BCUT2D eigenvalue weighted by molar-refractivity contribution is 5.86. The second-order valence-electron chi connectivity index (χ2n) is 6.11. The third-order valence-electron chi connectivity index (χ3n) is 4.91. The molecule has 1 heterocycles. The second kappa shape index (κ2) is 4.57. The smallest absolute Gasteiger partial charge is 0.169 e. The van der Waals surface area contributed by atoms with E-state index in [0.717, 1.165) is 31.4 Å². The number of oxime groups is 1. The Morgan fingerprint density at radius 1 is 1.00 bits per heavy atom. The van der Waals surface area contributed by atoms with E-state index in [9.17, 15) is 5.21 Å². The summed E-state index contributed by atoms with van der Waals surface area (Å²) < 4.78 is 11.9. The van der Waals surface area contributed by atoms with Gasteiger partial charge in [-0.05, 0) is 35.8 Å². The van der Waals surface area contributed by atoms with Crippen LogP contribution < -0.4 is 0 Å². The van der Waals surface area contributed by atoms with Crippen LogP contribution in [-0.2, 0) is 9.47 Å². The summed E-state index contributed by atoms with van der Waals surface area (Å²) in [6.07, 6.45) is 3.33. The molecular formula is C16H19NO3. The molecule has 4 nitrogen and oxygen atoms in total. The molecule has 2 atom stereocenters. The average Bonchev–Trinajstić information content (AvgIpc) is 2.80. The van der Waals surface area contributed by atoms with E-state index in [2.05, 4.69) is 29.4 Å². The van der Waals surface area contributed by atoms with E-state index in [1.54, 1.807) is 0 Å². The molecule has 0 aromatic heterocycles. The third kappa shape index (κ3) is 1.86. The van der Waals surface area contributed by atoms with Gasteiger partial charge in [-0.15, -0.1) is 0 Å². The van der Waals surface area contributed by atoms with Gasteiger partial charge in [0.1, 0.15) is 0 Å². The summed E-state index contributed by atoms with van der Waals surface area (Å²) in [6.45, 7) is 1.38. The molecule has 1 spiro atoms. The first-order valence-corrected chi connectivity index (χ1v) is 7.36. The van der Waals surface area contributed by atoms with Crippen LogP contribution in [0.15, 0.2) is 29.4 Å². The fourth-order valence-corrected chi connectivity index (χ4v) is 4.14. The summed E-state index contributed by atoms with van der Waals surface area (Å²) in [5.74, 6) is 0.223. The third-order valence-corrected chi connectivity index (χ3v) is 4.91. The number of nitrogens with zero attached hydrogens (tertiary/aromatic N) is 1. The van der Waals surface area contributed by atoms with Crippen molar-refractivity contribution in [3.05, 3.63) is 35.4 Å². The van der Waals surface area contributed by atoms with Crippen molar-refractivity contribution in [2.45, 2.75) is 43.3 Å². The Kier molecular flexibility index (Phi) is 2.82. The van der Waals surface area contributed by atoms with Crippen LogP contribution in [-0.4, -0.2) is 29.9 Å². The molecule has 0 radical (unpaired) electrons. The van der Waals surface area contributed by atoms with Gasteiger partial charge in [-0.3, -0.25) is 0 Å². The van der Waals surface area contributed by atoms with Crippen LogP contribution in [0.3, 0.4) is 0 Å². The SMILES string of the molecule is ON=C1C[C@H]2CC3(C[C@H](C1)c1ccccc12)OCCO3. The van der Waals surface area contributed by atoms with Gasteiger partial charge in [0.15, 0.2) is 5.79 Å². The fourth-order valence-electron chi connectivity index (χ4n) is 4.14. The summed E-state index contributed by atoms with van der Waals surface area (Å²) in [6, 6.07) is 8.61. The van der Waals surface area contributed by atoms with Gasteiger partial charge >= 0.3 is 0 Å². The van der Waals surface area contributed by atoms with Crippen molar-refractivity contribution < 1.29 is 14.7 Å². The lowest BCUT2D eigenvalue weighted by atomic mass is 9.85. The van der Waals surface area contributed by atoms with Crippen LogP contribution in [0.4, 0.5) is 0 Å². The summed E-state index contributed by atoms with van der Waals surface area (Å²) >= 11 is 0. The Balaban J connectivity index is 1.81. The Bertz CT molecular complexity index is 509. The lowest BCUT2D eigenvalue weighted by molar-refractivity contribution is -0.172. The maximum Gasteiger partial charge on any atom is 0.169 e. The molecule has 4 heteroatoms. The minimum atomic E-state index is -0.421. The van der Waals surface area contributed by atoms with Crippen molar-refractivity contribution in [3.8, 4) is 0 Å². The number of hydrogen-bond acceptors (Lipinski definition) is 4. The average molecular weight is 273 g/mol. The molecule has 1 aromatic rings. The highest BCUT2D eigenvalue weighted by atomic mass is 16.7. The van der Waals surface area contributed by atoms with Gasteiger partial charge in [0.05, 0.1) is 18.9 Å². The molecule has 1 aliphatic heterocycles. The van der Waals surface area contributed by atoms with Crippen molar-refractivity contribution in [2.24, 2.45) is 5.16 Å². The summed E-state index contributed by atoms with van der Waals surface area (Å²) in [5, 5.41) is 12.8. The molecule has 2 bridgehead atoms. The van der Waals surface area contributed by atoms with E-state index < -0.39 is 5.79 Å². The molecule has 2 aliphatic carbocycles. The first kappa shape index (κ1) is 12.4. The standard InChI is InChI=1S/C16H19NO3/c18-17-13-7-11-9-16(19-5-6-20-16)10-12(8-13)15-4-2-1-3-14(11)15/h1-4,11-12,18H,5-10H2/t11-,12-/m0/s1. The molecule has 1 N–H and O–H groups in total. The van der Waals surface area contributed by atoms with Gasteiger partial charge in [0.2, 0.25) is 0 Å². The molecule has 1 aromatic carbocycles. The van der Waals surface area contributed by atoms with E-state index in [1.165, 1.54) is 11.1 Å². The lowest BCUT2D eigenvalue weighted by Crippen LogP contribution is -2.35. The number of rotatable bonds is 0. The molecule has 0 unspecified atom stereocenters. The Morgan fingerprint density at radius 3 is 2.05 bits per heavy atom. The first-order chi connectivity index (χ1) is 9.80. The molecular weight excluding hydrogens is 254 g/mol. The van der Waals surface area contributed by atoms with E-state index in [1.807, 2.05) is 0 Å². The Labute approximate surface area is 118 Å². The van der Waals surface area contributed by atoms with Crippen LogP contribution in [0.2, 0.25) is 0 Å². The zero-order chi connectivity index (χ0) is 13.6. The van der Waals surface area contributed by atoms with E-state index >= 15 is 0 Å². The van der Waals surface area contributed by atoms with E-state index in [4.69, 9.17) is 9.47 Å². The van der Waals surface area contributed by atoms with Crippen molar-refractivity contribution in [1.82, 2.24) is 0 Å². The zero-order valence-electron chi connectivity index (χ0n) is 11.4. The molecule has 20 heavy (non-hydrogen) atoms. The van der Waals surface area contributed by atoms with Crippen LogP contribution in [0, 0.1) is 0 Å². The van der Waals surface area contributed by atoms with E-state index in [0.29, 0.717) is 25.0 Å². The monoisotopic (exact) mass is 273 g/mol. The molecule has 4 rings (SSSR count). The fraction of sp³-hybridized carbons (Fsp3) is 0.562. The summed E-state index contributed by atoms with van der Waals surface area (Å²) in [4.78, 5) is 0. The zero-order valence-corrected chi connectivity index (χ0v) is 11.4. The van der Waals surface area contributed by atoms with Gasteiger partial charge in [-0.25, -0.2) is 0 Å². The van der Waals surface area contributed by atoms with Crippen LogP contribution in [0.5, 0.6) is 0 Å². The quantitative estimate of drug-likeness (QED) is 0.584. The maximum absolute atomic E-state index is 9.23. The van der Waals surface area contributed by atoms with Gasteiger partial charge in [-0.2, -0.15) is 0 Å². The molecule has 0 amide bonds. The molecule has 0 saturated carbocycles. The Morgan fingerprint density at radius 2 is 1.55 bits per heavy atom. The van der Waals surface area contributed by atoms with Gasteiger partial charge < -0.3 is 14.7 Å². The second-order valence-corrected chi connectivity index (χ2v) is 6.11. The number of hydrogen-bond donors (Lipinski definition) is 1. The van der Waals surface area contributed by atoms with Crippen LogP contribution >= 0.6 is 0 Å². The predicted octanol–water partition coefficient (Wildman–Crippen LogP) is 3.01. The van der Waals surface area contributed by atoms with Gasteiger partial charge in [0.25, 0.3) is 0 Å². The molecule has 3 aliphatic rings. The van der Waals surface area contributed by atoms with E-state index in [-0.39, 0.29) is 0 Å². The van der Waals surface area contributed by atoms with Crippen molar-refractivity contribution >= 4 is 5.71 Å². The minimum Gasteiger partial charge on any atom is -0.411 e. The largest absolute Gasteiger partial charge is 0.411 e. The summed E-state index contributed by atoms with van der Waals surface area (Å²) in [5.41, 5.74) is 3.67. The topological polar surface area (TPSA) is 51.1 Å². The normalized spacial score (nSPS) is 30.9. The molecule has 1 fully saturated rings. The van der Waals surface area contributed by atoms with Gasteiger partial charge in [0, 0.05) is 12.8 Å². The minimum absolute atomic E-state index is 0.322. The summed E-state index contributed by atoms with van der Waals surface area (Å²) in [7, 11) is 0. The van der Waals surface area contributed by atoms with Crippen LogP contribution in [0.1, 0.15) is 48.6 Å². The van der Waals surface area contributed by atoms with Gasteiger partial charge in [-0.1, -0.05) is 29.4 Å². The highest BCUT2D eigenvalue weighted by Gasteiger charge is 2.46. The van der Waals surface area contributed by atoms with Crippen LogP contribution in [0.25, 0.3) is 0 Å². The lowest BCUT2D eigenvalue weighted by Gasteiger charge is -2.33. The maximum atomic E-state index is 9.23. The number of ether oxygens (including phenoxy) is 2. The first-order valence-electron chi connectivity index (χ1n) is 7.36.